The Morgan fingerprint density at radius 3 is 1.44 bits per heavy atom. The number of rotatable bonds is 5. The van der Waals surface area contributed by atoms with Gasteiger partial charge in [0.05, 0.1) is 0 Å². The summed E-state index contributed by atoms with van der Waals surface area (Å²) in [7, 11) is -1.41. The molecule has 6 aromatic carbocycles. The first kappa shape index (κ1) is 36.6. The third kappa shape index (κ3) is 6.14. The molecule has 3 aliphatic rings. The Balaban J connectivity index is 0.000000123. The number of fused-ring (bicyclic) bond motifs is 9. The summed E-state index contributed by atoms with van der Waals surface area (Å²) in [6.45, 7) is 9.02. The fourth-order valence-electron chi connectivity index (χ4n) is 9.20. The normalized spacial score (nSPS) is 14.3. The predicted octanol–water partition coefficient (Wildman–Crippen LogP) is 12.0. The Morgan fingerprint density at radius 2 is 0.885 bits per heavy atom. The highest BCUT2D eigenvalue weighted by Gasteiger charge is 2.41. The van der Waals surface area contributed by atoms with E-state index in [9.17, 15) is 10.0 Å². The van der Waals surface area contributed by atoms with Gasteiger partial charge in [0.15, 0.2) is 0 Å². The highest BCUT2D eigenvalue weighted by molar-refractivity contribution is 9.10. The summed E-state index contributed by atoms with van der Waals surface area (Å²) in [6, 6.07) is 45.1. The molecule has 0 saturated carbocycles. The summed E-state index contributed by atoms with van der Waals surface area (Å²) in [5.74, 6) is 0. The topological polar surface area (TPSA) is 40.5 Å². The van der Waals surface area contributed by atoms with Crippen LogP contribution in [0.1, 0.15) is 86.8 Å². The van der Waals surface area contributed by atoms with Crippen LogP contribution in [0.4, 0.5) is 0 Å². The van der Waals surface area contributed by atoms with Gasteiger partial charge in [-0.15, -0.1) is 0 Å². The molecule has 0 aliphatic heterocycles. The van der Waals surface area contributed by atoms with Gasteiger partial charge in [-0.05, 0) is 129 Å². The number of hydrogen-bond acceptors (Lipinski definition) is 2. The smallest absolute Gasteiger partial charge is 0.423 e. The standard InChI is InChI=1S/C17H19BO2.C17H17Br.C13H9Br/c1-3-17(4-2)15-8-6-5-7-13(15)14-10-9-12(18(19)20)11-16(14)17;1-3-17(4-2)15-8-6-5-7-13(15)14-10-9-12(18)11-16(14)17;14-11-5-6-13-10(8-11)7-9-3-1-2-4-12(9)13/h5-11,19-20H,3-4H2,1-2H3;5-11H,3-4H2,1-2H3;1-6,8H,7H2. The Labute approximate surface area is 326 Å². The average molecular weight is 812 g/mol. The molecule has 0 unspecified atom stereocenters. The SMILES string of the molecule is Brc1ccc2c(c1)Cc1ccccc1-2.CCC1(CC)c2ccccc2-c2ccc(B(O)O)cc21.CCC1(CC)c2ccccc2-c2ccc(Br)cc21. The molecular formula is C47H45BBr2O2. The predicted molar refractivity (Wildman–Crippen MR) is 226 cm³/mol. The molecular weight excluding hydrogens is 767 g/mol. The molecule has 0 radical (unpaired) electrons. The molecule has 6 aromatic rings. The number of benzene rings is 6. The highest BCUT2D eigenvalue weighted by atomic mass is 79.9. The van der Waals surface area contributed by atoms with Gasteiger partial charge in [0, 0.05) is 19.8 Å². The van der Waals surface area contributed by atoms with Crippen molar-refractivity contribution in [2.45, 2.75) is 70.6 Å². The van der Waals surface area contributed by atoms with Crippen molar-refractivity contribution in [3.05, 3.63) is 170 Å². The molecule has 2 N–H and O–H groups in total. The van der Waals surface area contributed by atoms with Crippen molar-refractivity contribution in [2.75, 3.05) is 0 Å². The quantitative estimate of drug-likeness (QED) is 0.170. The van der Waals surface area contributed by atoms with Crippen LogP contribution in [0.2, 0.25) is 0 Å². The zero-order valence-electron chi connectivity index (χ0n) is 30.4. The van der Waals surface area contributed by atoms with Crippen molar-refractivity contribution >= 4 is 44.4 Å². The van der Waals surface area contributed by atoms with E-state index in [1.54, 1.807) is 0 Å². The van der Waals surface area contributed by atoms with Crippen LogP contribution in [0, 0.1) is 0 Å². The molecule has 0 amide bonds. The zero-order chi connectivity index (χ0) is 36.6. The zero-order valence-corrected chi connectivity index (χ0v) is 33.6. The monoisotopic (exact) mass is 810 g/mol. The third-order valence-electron chi connectivity index (χ3n) is 12.0. The number of halogens is 2. The van der Waals surface area contributed by atoms with E-state index in [1.807, 2.05) is 18.2 Å². The largest absolute Gasteiger partial charge is 0.488 e. The van der Waals surface area contributed by atoms with Crippen LogP contribution >= 0.6 is 31.9 Å². The second-order valence-electron chi connectivity index (χ2n) is 14.2. The van der Waals surface area contributed by atoms with E-state index in [0.717, 1.165) is 32.1 Å². The molecule has 5 heteroatoms. The first-order valence-corrected chi connectivity index (χ1v) is 20.2. The molecule has 262 valence electrons. The van der Waals surface area contributed by atoms with E-state index in [1.165, 1.54) is 75.7 Å². The summed E-state index contributed by atoms with van der Waals surface area (Å²) < 4.78 is 2.35. The van der Waals surface area contributed by atoms with E-state index in [0.29, 0.717) is 5.46 Å². The number of hydrogen-bond donors (Lipinski definition) is 2. The molecule has 0 spiro atoms. The molecule has 0 atom stereocenters. The van der Waals surface area contributed by atoms with Gasteiger partial charge in [0.2, 0.25) is 0 Å². The Hall–Kier alpha value is -3.74. The lowest BCUT2D eigenvalue weighted by Crippen LogP contribution is -2.32. The first-order valence-electron chi connectivity index (χ1n) is 18.6. The van der Waals surface area contributed by atoms with Crippen molar-refractivity contribution in [2.24, 2.45) is 0 Å². The van der Waals surface area contributed by atoms with E-state index < -0.39 is 7.12 Å². The van der Waals surface area contributed by atoms with Gasteiger partial charge >= 0.3 is 7.12 Å². The Bertz CT molecular complexity index is 2250. The van der Waals surface area contributed by atoms with Crippen LogP contribution in [0.15, 0.2) is 136 Å². The molecule has 3 aliphatic carbocycles. The summed E-state index contributed by atoms with van der Waals surface area (Å²) in [5.41, 5.74) is 17.4. The van der Waals surface area contributed by atoms with Gasteiger partial charge in [0.1, 0.15) is 0 Å². The van der Waals surface area contributed by atoms with Crippen LogP contribution in [0.25, 0.3) is 33.4 Å². The maximum atomic E-state index is 9.44. The van der Waals surface area contributed by atoms with E-state index in [2.05, 4.69) is 169 Å². The molecule has 0 bridgehead atoms. The van der Waals surface area contributed by atoms with E-state index >= 15 is 0 Å². The highest BCUT2D eigenvalue weighted by Crippen LogP contribution is 2.54. The van der Waals surface area contributed by atoms with Crippen molar-refractivity contribution in [3.63, 3.8) is 0 Å². The van der Waals surface area contributed by atoms with Crippen LogP contribution in [0.5, 0.6) is 0 Å². The van der Waals surface area contributed by atoms with E-state index in [4.69, 9.17) is 0 Å². The molecule has 0 fully saturated rings. The fraction of sp³-hybridized carbons (Fsp3) is 0.234. The van der Waals surface area contributed by atoms with Gasteiger partial charge in [-0.1, -0.05) is 163 Å². The molecule has 0 heterocycles. The Morgan fingerprint density at radius 1 is 0.462 bits per heavy atom. The van der Waals surface area contributed by atoms with Gasteiger partial charge in [0.25, 0.3) is 0 Å². The lowest BCUT2D eigenvalue weighted by Gasteiger charge is -2.29. The molecule has 52 heavy (non-hydrogen) atoms. The summed E-state index contributed by atoms with van der Waals surface area (Å²) in [5, 5.41) is 18.9. The lowest BCUT2D eigenvalue weighted by atomic mass is 9.71. The van der Waals surface area contributed by atoms with Crippen LogP contribution in [-0.2, 0) is 17.3 Å². The molecule has 9 rings (SSSR count). The van der Waals surface area contributed by atoms with Crippen molar-refractivity contribution < 1.29 is 10.0 Å². The van der Waals surface area contributed by atoms with Gasteiger partial charge in [-0.3, -0.25) is 0 Å². The second-order valence-corrected chi connectivity index (χ2v) is 16.0. The molecule has 2 nitrogen and oxygen atoms in total. The first-order chi connectivity index (χ1) is 25.2. The third-order valence-corrected chi connectivity index (χ3v) is 13.0. The van der Waals surface area contributed by atoms with Crippen LogP contribution < -0.4 is 5.46 Å². The van der Waals surface area contributed by atoms with Crippen LogP contribution in [0.3, 0.4) is 0 Å². The Kier molecular flexibility index (Phi) is 10.5. The van der Waals surface area contributed by atoms with Gasteiger partial charge in [-0.2, -0.15) is 0 Å². The van der Waals surface area contributed by atoms with Gasteiger partial charge < -0.3 is 10.0 Å². The van der Waals surface area contributed by atoms with Crippen molar-refractivity contribution in [1.82, 2.24) is 0 Å². The summed E-state index contributed by atoms with van der Waals surface area (Å²) in [4.78, 5) is 0. The lowest BCUT2D eigenvalue weighted by molar-refractivity contribution is 0.425. The molecule has 0 saturated heterocycles. The van der Waals surface area contributed by atoms with Crippen molar-refractivity contribution in [1.29, 1.82) is 0 Å². The van der Waals surface area contributed by atoms with Crippen molar-refractivity contribution in [3.8, 4) is 33.4 Å². The minimum atomic E-state index is -1.41. The maximum absolute atomic E-state index is 9.44. The maximum Gasteiger partial charge on any atom is 0.488 e. The minimum Gasteiger partial charge on any atom is -0.423 e. The second kappa shape index (κ2) is 14.9. The molecule has 0 aromatic heterocycles. The fourth-order valence-corrected chi connectivity index (χ4v) is 9.97. The van der Waals surface area contributed by atoms with Gasteiger partial charge in [-0.25, -0.2) is 0 Å². The summed E-state index contributed by atoms with van der Waals surface area (Å²) >= 11 is 7.13. The van der Waals surface area contributed by atoms with E-state index in [-0.39, 0.29) is 10.8 Å². The van der Waals surface area contributed by atoms with Crippen LogP contribution in [-0.4, -0.2) is 17.2 Å². The minimum absolute atomic E-state index is 0.00315. The summed E-state index contributed by atoms with van der Waals surface area (Å²) in [6.07, 6.45) is 5.41. The average Bonchev–Trinajstić information content (AvgIpc) is 3.78.